The number of aliphatic carboxylic acids is 1. The lowest BCUT2D eigenvalue weighted by Crippen LogP contribution is -2.39. The van der Waals surface area contributed by atoms with Crippen molar-refractivity contribution in [2.45, 2.75) is 25.8 Å². The molecule has 6 heteroatoms. The van der Waals surface area contributed by atoms with Gasteiger partial charge in [0.05, 0.1) is 19.1 Å². The quantitative estimate of drug-likeness (QED) is 0.755. The zero-order chi connectivity index (χ0) is 18.0. The van der Waals surface area contributed by atoms with Crippen molar-refractivity contribution in [3.05, 3.63) is 50.1 Å². The van der Waals surface area contributed by atoms with Gasteiger partial charge in [-0.1, -0.05) is 15.9 Å². The van der Waals surface area contributed by atoms with Gasteiger partial charge in [-0.3, -0.25) is 9.69 Å². The van der Waals surface area contributed by atoms with Crippen molar-refractivity contribution in [1.82, 2.24) is 4.90 Å². The zero-order valence-electron chi connectivity index (χ0n) is 14.4. The zero-order valence-corrected chi connectivity index (χ0v) is 16.8. The molecule has 1 saturated heterocycles. The van der Waals surface area contributed by atoms with Gasteiger partial charge in [0.25, 0.3) is 0 Å². The molecule has 3 rings (SSSR count). The molecule has 1 atom stereocenters. The normalized spacial score (nSPS) is 17.4. The number of hydrogen-bond acceptors (Lipinski definition) is 4. The first-order valence-electron chi connectivity index (χ1n) is 8.36. The number of nitrogens with zero attached hydrogens (tertiary/aromatic N) is 1. The highest BCUT2D eigenvalue weighted by Gasteiger charge is 2.32. The lowest BCUT2D eigenvalue weighted by molar-refractivity contribution is -0.143. The third-order valence-electron chi connectivity index (χ3n) is 4.76. The molecular weight excluding hydrogens is 402 g/mol. The Kier molecular flexibility index (Phi) is 5.81. The standard InChI is InChI=1S/C19H22BrNO3S/c1-12-3-6-17(25-12)18(15-11-14(20)4-5-16(15)24-2)21-9-7-13(8-10-21)19(22)23/h3-6,11,13,18H,7-10H2,1-2H3,(H,22,23). The molecule has 1 aromatic carbocycles. The predicted molar refractivity (Wildman–Crippen MR) is 104 cm³/mol. The molecular formula is C19H22BrNO3S. The first kappa shape index (κ1) is 18.4. The van der Waals surface area contributed by atoms with Crippen LogP contribution >= 0.6 is 27.3 Å². The van der Waals surface area contributed by atoms with Crippen molar-refractivity contribution in [3.8, 4) is 5.75 Å². The van der Waals surface area contributed by atoms with E-state index >= 15 is 0 Å². The minimum absolute atomic E-state index is 0.0842. The second-order valence-electron chi connectivity index (χ2n) is 6.39. The van der Waals surface area contributed by atoms with Crippen LogP contribution in [0.2, 0.25) is 0 Å². The number of methoxy groups -OCH3 is 1. The summed E-state index contributed by atoms with van der Waals surface area (Å²) in [5, 5.41) is 9.28. The van der Waals surface area contributed by atoms with Crippen LogP contribution in [0.3, 0.4) is 0 Å². The Morgan fingerprint density at radius 1 is 1.32 bits per heavy atom. The molecule has 2 aromatic rings. The van der Waals surface area contributed by atoms with Gasteiger partial charge in [0.2, 0.25) is 0 Å². The summed E-state index contributed by atoms with van der Waals surface area (Å²) in [5.74, 6) is -0.0470. The molecule has 0 amide bonds. The topological polar surface area (TPSA) is 49.8 Å². The molecule has 1 aliphatic rings. The van der Waals surface area contributed by atoms with Crippen LogP contribution < -0.4 is 4.74 Å². The molecule has 1 aliphatic heterocycles. The Labute approximate surface area is 160 Å². The maximum absolute atomic E-state index is 11.3. The van der Waals surface area contributed by atoms with Gasteiger partial charge in [-0.2, -0.15) is 0 Å². The van der Waals surface area contributed by atoms with E-state index in [1.165, 1.54) is 9.75 Å². The Balaban J connectivity index is 1.97. The van der Waals surface area contributed by atoms with Gasteiger partial charge in [-0.15, -0.1) is 11.3 Å². The molecule has 0 bridgehead atoms. The monoisotopic (exact) mass is 423 g/mol. The molecule has 0 spiro atoms. The minimum atomic E-state index is -0.678. The molecule has 134 valence electrons. The summed E-state index contributed by atoms with van der Waals surface area (Å²) in [6, 6.07) is 10.5. The van der Waals surface area contributed by atoms with E-state index in [2.05, 4.69) is 46.0 Å². The molecule has 4 nitrogen and oxygen atoms in total. The van der Waals surface area contributed by atoms with Gasteiger partial charge in [-0.05, 0) is 63.2 Å². The summed E-state index contributed by atoms with van der Waals surface area (Å²) in [4.78, 5) is 16.2. The Bertz CT molecular complexity index is 753. The van der Waals surface area contributed by atoms with E-state index in [0.29, 0.717) is 12.8 Å². The fourth-order valence-corrected chi connectivity index (χ4v) is 4.86. The van der Waals surface area contributed by atoms with Crippen LogP contribution in [0.4, 0.5) is 0 Å². The number of carbonyl (C=O) groups is 1. The molecule has 0 saturated carbocycles. The van der Waals surface area contributed by atoms with Crippen LogP contribution in [0.15, 0.2) is 34.8 Å². The Morgan fingerprint density at radius 3 is 2.60 bits per heavy atom. The summed E-state index contributed by atoms with van der Waals surface area (Å²) in [6.07, 6.45) is 1.37. The van der Waals surface area contributed by atoms with Gasteiger partial charge < -0.3 is 9.84 Å². The molecule has 1 unspecified atom stereocenters. The molecule has 1 aromatic heterocycles. The second kappa shape index (κ2) is 7.89. The van der Waals surface area contributed by atoms with E-state index in [9.17, 15) is 9.90 Å². The maximum atomic E-state index is 11.3. The predicted octanol–water partition coefficient (Wildman–Crippen LogP) is 4.71. The van der Waals surface area contributed by atoms with Crippen LogP contribution in [-0.4, -0.2) is 36.2 Å². The number of ether oxygens (including phenoxy) is 1. The maximum Gasteiger partial charge on any atom is 0.306 e. The average molecular weight is 424 g/mol. The molecule has 25 heavy (non-hydrogen) atoms. The second-order valence-corrected chi connectivity index (χ2v) is 8.62. The number of carboxylic acids is 1. The molecule has 1 N–H and O–H groups in total. The highest BCUT2D eigenvalue weighted by Crippen LogP contribution is 2.40. The first-order chi connectivity index (χ1) is 12.0. The largest absolute Gasteiger partial charge is 0.496 e. The molecule has 2 heterocycles. The number of likely N-dealkylation sites (tertiary alicyclic amines) is 1. The van der Waals surface area contributed by atoms with Gasteiger partial charge in [-0.25, -0.2) is 0 Å². The van der Waals surface area contributed by atoms with Crippen molar-refractivity contribution in [1.29, 1.82) is 0 Å². The third-order valence-corrected chi connectivity index (χ3v) is 6.31. The fraction of sp³-hybridized carbons (Fsp3) is 0.421. The van der Waals surface area contributed by atoms with E-state index in [1.54, 1.807) is 18.4 Å². The van der Waals surface area contributed by atoms with Crippen LogP contribution in [0.25, 0.3) is 0 Å². The van der Waals surface area contributed by atoms with Crippen molar-refractivity contribution in [2.75, 3.05) is 20.2 Å². The van der Waals surface area contributed by atoms with Gasteiger partial charge in [0, 0.05) is 19.8 Å². The smallest absolute Gasteiger partial charge is 0.306 e. The Hall–Kier alpha value is -1.37. The summed E-state index contributed by atoms with van der Waals surface area (Å²) >= 11 is 5.36. The van der Waals surface area contributed by atoms with Crippen LogP contribution in [-0.2, 0) is 4.79 Å². The fourth-order valence-electron chi connectivity index (χ4n) is 3.45. The van der Waals surface area contributed by atoms with E-state index in [1.807, 2.05) is 12.1 Å². The van der Waals surface area contributed by atoms with Gasteiger partial charge in [0.1, 0.15) is 5.75 Å². The number of halogens is 1. The van der Waals surface area contributed by atoms with E-state index in [4.69, 9.17) is 4.74 Å². The number of rotatable bonds is 5. The summed E-state index contributed by atoms with van der Waals surface area (Å²) in [7, 11) is 1.69. The van der Waals surface area contributed by atoms with Crippen molar-refractivity contribution >= 4 is 33.2 Å². The van der Waals surface area contributed by atoms with Crippen LogP contribution in [0.5, 0.6) is 5.75 Å². The van der Waals surface area contributed by atoms with Crippen molar-refractivity contribution < 1.29 is 14.6 Å². The lowest BCUT2D eigenvalue weighted by Gasteiger charge is -2.37. The number of hydrogen-bond donors (Lipinski definition) is 1. The van der Waals surface area contributed by atoms with Crippen molar-refractivity contribution in [2.24, 2.45) is 5.92 Å². The lowest BCUT2D eigenvalue weighted by atomic mass is 9.93. The summed E-state index contributed by atoms with van der Waals surface area (Å²) in [5.41, 5.74) is 1.12. The summed E-state index contributed by atoms with van der Waals surface area (Å²) < 4.78 is 6.64. The molecule has 1 fully saturated rings. The van der Waals surface area contributed by atoms with E-state index in [-0.39, 0.29) is 12.0 Å². The number of benzene rings is 1. The first-order valence-corrected chi connectivity index (χ1v) is 9.97. The average Bonchev–Trinajstić information content (AvgIpc) is 3.02. The van der Waals surface area contributed by atoms with Crippen LogP contribution in [0, 0.1) is 12.8 Å². The highest BCUT2D eigenvalue weighted by molar-refractivity contribution is 9.10. The number of carboxylic acid groups (broad SMARTS) is 1. The summed E-state index contributed by atoms with van der Waals surface area (Å²) in [6.45, 7) is 3.66. The van der Waals surface area contributed by atoms with Crippen LogP contribution in [0.1, 0.15) is 34.2 Å². The van der Waals surface area contributed by atoms with Crippen molar-refractivity contribution in [3.63, 3.8) is 0 Å². The van der Waals surface area contributed by atoms with E-state index < -0.39 is 5.97 Å². The molecule has 0 aliphatic carbocycles. The van der Waals surface area contributed by atoms with Gasteiger partial charge >= 0.3 is 5.97 Å². The third kappa shape index (κ3) is 4.07. The molecule has 0 radical (unpaired) electrons. The number of aryl methyl sites for hydroxylation is 1. The SMILES string of the molecule is COc1ccc(Br)cc1C(c1ccc(C)s1)N1CCC(C(=O)O)CC1. The highest BCUT2D eigenvalue weighted by atomic mass is 79.9. The number of piperidine rings is 1. The Morgan fingerprint density at radius 2 is 2.04 bits per heavy atom. The van der Waals surface area contributed by atoms with Gasteiger partial charge in [0.15, 0.2) is 0 Å². The minimum Gasteiger partial charge on any atom is -0.496 e. The van der Waals surface area contributed by atoms with E-state index in [0.717, 1.165) is 28.9 Å². The number of thiophene rings is 1.